The van der Waals surface area contributed by atoms with E-state index in [0.717, 1.165) is 30.2 Å². The molecule has 0 amide bonds. The first kappa shape index (κ1) is 19.1. The predicted molar refractivity (Wildman–Crippen MR) is 87.3 cm³/mol. The standard InChI is InChI=1S/C16H27NO2.ClH/c1-4-6-7-8-12-17-13-14-10-9-11-15(18-3)16(14)19-5-2;/h9-11,17H,4-8,12-13H2,1-3H3;1H. The normalized spacial score (nSPS) is 9.95. The topological polar surface area (TPSA) is 30.5 Å². The van der Waals surface area contributed by atoms with Crippen LogP contribution in [-0.2, 0) is 6.54 Å². The Kier molecular flexibility index (Phi) is 11.3. The summed E-state index contributed by atoms with van der Waals surface area (Å²) in [6, 6.07) is 6.04. The van der Waals surface area contributed by atoms with Crippen molar-refractivity contribution in [2.24, 2.45) is 0 Å². The summed E-state index contributed by atoms with van der Waals surface area (Å²) in [6.45, 7) is 6.78. The van der Waals surface area contributed by atoms with Crippen LogP contribution in [-0.4, -0.2) is 20.3 Å². The number of hydrogen-bond acceptors (Lipinski definition) is 3. The molecule has 0 heterocycles. The molecule has 0 saturated heterocycles. The van der Waals surface area contributed by atoms with Gasteiger partial charge in [0.2, 0.25) is 0 Å². The molecule has 0 aromatic heterocycles. The quantitative estimate of drug-likeness (QED) is 0.657. The van der Waals surface area contributed by atoms with Crippen molar-refractivity contribution in [1.82, 2.24) is 5.32 Å². The van der Waals surface area contributed by atoms with Crippen molar-refractivity contribution in [1.29, 1.82) is 0 Å². The highest BCUT2D eigenvalue weighted by Crippen LogP contribution is 2.30. The molecule has 1 aromatic rings. The number of nitrogens with one attached hydrogen (secondary N) is 1. The van der Waals surface area contributed by atoms with Crippen molar-refractivity contribution < 1.29 is 9.47 Å². The fraction of sp³-hybridized carbons (Fsp3) is 0.625. The summed E-state index contributed by atoms with van der Waals surface area (Å²) in [5.74, 6) is 1.68. The van der Waals surface area contributed by atoms with Gasteiger partial charge in [0.05, 0.1) is 13.7 Å². The number of rotatable bonds is 10. The van der Waals surface area contributed by atoms with E-state index in [0.29, 0.717) is 6.61 Å². The Labute approximate surface area is 129 Å². The van der Waals surface area contributed by atoms with Gasteiger partial charge in [-0.3, -0.25) is 0 Å². The first-order valence-electron chi connectivity index (χ1n) is 7.32. The highest BCUT2D eigenvalue weighted by Gasteiger charge is 2.09. The van der Waals surface area contributed by atoms with Gasteiger partial charge in [-0.1, -0.05) is 38.3 Å². The molecule has 3 nitrogen and oxygen atoms in total. The average Bonchev–Trinajstić information content (AvgIpc) is 2.44. The number of unbranched alkanes of at least 4 members (excludes halogenated alkanes) is 3. The third-order valence-corrected chi connectivity index (χ3v) is 3.09. The minimum Gasteiger partial charge on any atom is -0.493 e. The maximum absolute atomic E-state index is 5.69. The molecule has 0 aliphatic rings. The van der Waals surface area contributed by atoms with Crippen LogP contribution < -0.4 is 14.8 Å². The number of ether oxygens (including phenoxy) is 2. The molecule has 0 fully saturated rings. The Morgan fingerprint density at radius 1 is 1.10 bits per heavy atom. The van der Waals surface area contributed by atoms with Crippen LogP contribution in [0.25, 0.3) is 0 Å². The largest absolute Gasteiger partial charge is 0.493 e. The highest BCUT2D eigenvalue weighted by molar-refractivity contribution is 5.85. The van der Waals surface area contributed by atoms with Gasteiger partial charge in [0, 0.05) is 12.1 Å². The Morgan fingerprint density at radius 2 is 1.90 bits per heavy atom. The second kappa shape index (κ2) is 11.9. The molecule has 1 aromatic carbocycles. The average molecular weight is 302 g/mol. The molecular formula is C16H28ClNO2. The molecule has 0 bridgehead atoms. The summed E-state index contributed by atoms with van der Waals surface area (Å²) in [5.41, 5.74) is 1.16. The summed E-state index contributed by atoms with van der Waals surface area (Å²) in [5, 5.41) is 3.48. The lowest BCUT2D eigenvalue weighted by atomic mass is 10.1. The smallest absolute Gasteiger partial charge is 0.165 e. The third kappa shape index (κ3) is 6.49. The molecule has 1 N–H and O–H groups in total. The molecule has 0 radical (unpaired) electrons. The summed E-state index contributed by atoms with van der Waals surface area (Å²) in [7, 11) is 1.68. The summed E-state index contributed by atoms with van der Waals surface area (Å²) >= 11 is 0. The molecule has 0 spiro atoms. The molecular weight excluding hydrogens is 274 g/mol. The van der Waals surface area contributed by atoms with Gasteiger partial charge >= 0.3 is 0 Å². The van der Waals surface area contributed by atoms with Gasteiger partial charge in [0.25, 0.3) is 0 Å². The van der Waals surface area contributed by atoms with Crippen molar-refractivity contribution in [3.05, 3.63) is 23.8 Å². The van der Waals surface area contributed by atoms with E-state index in [1.807, 2.05) is 19.1 Å². The zero-order valence-corrected chi connectivity index (χ0v) is 13.7. The maximum atomic E-state index is 5.69. The maximum Gasteiger partial charge on any atom is 0.165 e. The fourth-order valence-corrected chi connectivity index (χ4v) is 2.07. The van der Waals surface area contributed by atoms with Crippen molar-refractivity contribution in [2.75, 3.05) is 20.3 Å². The lowest BCUT2D eigenvalue weighted by molar-refractivity contribution is 0.306. The number of para-hydroxylation sites is 1. The van der Waals surface area contributed by atoms with Gasteiger partial charge in [-0.2, -0.15) is 0 Å². The molecule has 0 atom stereocenters. The van der Waals surface area contributed by atoms with Crippen LogP contribution >= 0.6 is 12.4 Å². The van der Waals surface area contributed by atoms with E-state index in [4.69, 9.17) is 9.47 Å². The van der Waals surface area contributed by atoms with Gasteiger partial charge in [0.1, 0.15) is 0 Å². The van der Waals surface area contributed by atoms with Crippen LogP contribution in [0.5, 0.6) is 11.5 Å². The number of benzene rings is 1. The molecule has 116 valence electrons. The Balaban J connectivity index is 0.00000361. The van der Waals surface area contributed by atoms with Crippen LogP contribution in [0, 0.1) is 0 Å². The lowest BCUT2D eigenvalue weighted by Gasteiger charge is -2.14. The Hall–Kier alpha value is -0.930. The van der Waals surface area contributed by atoms with Crippen LogP contribution in [0.15, 0.2) is 18.2 Å². The van der Waals surface area contributed by atoms with Gasteiger partial charge in [0.15, 0.2) is 11.5 Å². The molecule has 0 aliphatic heterocycles. The van der Waals surface area contributed by atoms with Crippen molar-refractivity contribution in [2.45, 2.75) is 46.1 Å². The van der Waals surface area contributed by atoms with E-state index in [2.05, 4.69) is 18.3 Å². The van der Waals surface area contributed by atoms with Crippen molar-refractivity contribution >= 4 is 12.4 Å². The van der Waals surface area contributed by atoms with Gasteiger partial charge in [-0.05, 0) is 26.0 Å². The molecule has 1 rings (SSSR count). The third-order valence-electron chi connectivity index (χ3n) is 3.09. The number of halogens is 1. The Bertz CT molecular complexity index is 358. The minimum absolute atomic E-state index is 0. The molecule has 4 heteroatoms. The van der Waals surface area contributed by atoms with Crippen molar-refractivity contribution in [3.8, 4) is 11.5 Å². The van der Waals surface area contributed by atoms with Gasteiger partial charge in [-0.15, -0.1) is 12.4 Å². The van der Waals surface area contributed by atoms with Crippen LogP contribution in [0.1, 0.15) is 45.1 Å². The highest BCUT2D eigenvalue weighted by atomic mass is 35.5. The summed E-state index contributed by atoms with van der Waals surface area (Å²) in [6.07, 6.45) is 5.15. The molecule has 20 heavy (non-hydrogen) atoms. The minimum atomic E-state index is 0. The van der Waals surface area contributed by atoms with Gasteiger partial charge < -0.3 is 14.8 Å². The zero-order valence-electron chi connectivity index (χ0n) is 12.9. The first-order chi connectivity index (χ1) is 9.33. The van der Waals surface area contributed by atoms with E-state index in [1.54, 1.807) is 7.11 Å². The fourth-order valence-electron chi connectivity index (χ4n) is 2.07. The predicted octanol–water partition coefficient (Wildman–Crippen LogP) is 4.19. The van der Waals surface area contributed by atoms with E-state index in [-0.39, 0.29) is 12.4 Å². The summed E-state index contributed by atoms with van der Waals surface area (Å²) < 4.78 is 11.0. The van der Waals surface area contributed by atoms with E-state index in [1.165, 1.54) is 25.7 Å². The molecule has 0 saturated carbocycles. The van der Waals surface area contributed by atoms with Crippen LogP contribution in [0.2, 0.25) is 0 Å². The van der Waals surface area contributed by atoms with Crippen LogP contribution in [0.4, 0.5) is 0 Å². The second-order valence-electron chi connectivity index (χ2n) is 4.62. The van der Waals surface area contributed by atoms with Gasteiger partial charge in [-0.25, -0.2) is 0 Å². The van der Waals surface area contributed by atoms with E-state index in [9.17, 15) is 0 Å². The molecule has 0 unspecified atom stereocenters. The monoisotopic (exact) mass is 301 g/mol. The summed E-state index contributed by atoms with van der Waals surface area (Å²) in [4.78, 5) is 0. The zero-order chi connectivity index (χ0) is 13.9. The second-order valence-corrected chi connectivity index (χ2v) is 4.62. The Morgan fingerprint density at radius 3 is 2.55 bits per heavy atom. The van der Waals surface area contributed by atoms with Crippen molar-refractivity contribution in [3.63, 3.8) is 0 Å². The lowest BCUT2D eigenvalue weighted by Crippen LogP contribution is -2.15. The SMILES string of the molecule is CCCCCCNCc1cccc(OC)c1OCC.Cl. The van der Waals surface area contributed by atoms with E-state index >= 15 is 0 Å². The first-order valence-corrected chi connectivity index (χ1v) is 7.32. The van der Waals surface area contributed by atoms with E-state index < -0.39 is 0 Å². The number of hydrogen-bond donors (Lipinski definition) is 1. The molecule has 0 aliphatic carbocycles. The van der Waals surface area contributed by atoms with Crippen LogP contribution in [0.3, 0.4) is 0 Å². The number of methoxy groups -OCH3 is 1.